The smallest absolute Gasteiger partial charge is 0.245 e. The minimum Gasteiger partial charge on any atom is -0.361 e. The van der Waals surface area contributed by atoms with E-state index in [9.17, 15) is 0 Å². The summed E-state index contributed by atoms with van der Waals surface area (Å²) in [7, 11) is 0. The van der Waals surface area contributed by atoms with Crippen LogP contribution in [0.15, 0.2) is 4.63 Å². The zero-order valence-electron chi connectivity index (χ0n) is 18.1. The standard InChI is InChI=1S/C24H32N6O/c1-13-2-15-3-14(1)8-23(7-13,9-15)27-19-20(26-22-21(25-19)29-31-30-22)28-24-10-16-4-17(11-24)6-18(5-16)12-24/h13-18H,1-12H2,(H,25,27,29)(H,26,28,30). The maximum atomic E-state index is 4.98. The molecular formula is C24H32N6O. The van der Waals surface area contributed by atoms with Crippen LogP contribution >= 0.6 is 0 Å². The lowest BCUT2D eigenvalue weighted by atomic mass is 9.53. The molecule has 164 valence electrons. The lowest BCUT2D eigenvalue weighted by molar-refractivity contribution is 0.00927. The highest BCUT2D eigenvalue weighted by molar-refractivity contribution is 5.74. The van der Waals surface area contributed by atoms with Crippen LogP contribution < -0.4 is 10.6 Å². The molecule has 7 nitrogen and oxygen atoms in total. The van der Waals surface area contributed by atoms with Gasteiger partial charge in [0.05, 0.1) is 0 Å². The number of nitrogens with one attached hydrogen (secondary N) is 2. The third-order valence-corrected chi connectivity index (χ3v) is 9.96. The molecule has 0 amide bonds. The molecule has 2 heterocycles. The zero-order valence-corrected chi connectivity index (χ0v) is 18.1. The summed E-state index contributed by atoms with van der Waals surface area (Å²) in [5.41, 5.74) is 1.41. The largest absolute Gasteiger partial charge is 0.361 e. The molecular weight excluding hydrogens is 388 g/mol. The Morgan fingerprint density at radius 2 is 0.871 bits per heavy atom. The number of aromatic nitrogens is 4. The van der Waals surface area contributed by atoms with E-state index in [1.807, 2.05) is 0 Å². The average molecular weight is 421 g/mol. The van der Waals surface area contributed by atoms with E-state index < -0.39 is 0 Å². The summed E-state index contributed by atoms with van der Waals surface area (Å²) in [4.78, 5) is 9.81. The third kappa shape index (κ3) is 2.70. The van der Waals surface area contributed by atoms with Crippen LogP contribution in [-0.4, -0.2) is 31.4 Å². The van der Waals surface area contributed by atoms with Crippen LogP contribution in [0.4, 0.5) is 11.6 Å². The first kappa shape index (κ1) is 17.6. The molecule has 8 aliphatic carbocycles. The number of fused-ring (bicyclic) bond motifs is 1. The minimum absolute atomic E-state index is 0.187. The van der Waals surface area contributed by atoms with Gasteiger partial charge in [-0.15, -0.1) is 0 Å². The van der Waals surface area contributed by atoms with Crippen LogP contribution in [-0.2, 0) is 0 Å². The van der Waals surface area contributed by atoms with Gasteiger partial charge in [-0.25, -0.2) is 14.6 Å². The Kier molecular flexibility index (Phi) is 3.35. The molecule has 7 heteroatoms. The molecule has 2 N–H and O–H groups in total. The van der Waals surface area contributed by atoms with E-state index in [0.29, 0.717) is 11.3 Å². The first-order chi connectivity index (χ1) is 15.1. The van der Waals surface area contributed by atoms with Crippen molar-refractivity contribution >= 4 is 22.9 Å². The molecule has 0 spiro atoms. The molecule has 10 rings (SSSR count). The van der Waals surface area contributed by atoms with Crippen molar-refractivity contribution in [1.82, 2.24) is 20.3 Å². The molecule has 2 aromatic heterocycles. The van der Waals surface area contributed by atoms with Crippen molar-refractivity contribution in [1.29, 1.82) is 0 Å². The molecule has 0 aliphatic heterocycles. The Bertz CT molecular complexity index is 895. The summed E-state index contributed by atoms with van der Waals surface area (Å²) < 4.78 is 4.98. The molecule has 0 saturated heterocycles. The van der Waals surface area contributed by atoms with Crippen LogP contribution in [0, 0.1) is 35.5 Å². The molecule has 0 atom stereocenters. The fourth-order valence-corrected chi connectivity index (χ4v) is 9.84. The van der Waals surface area contributed by atoms with Crippen molar-refractivity contribution in [3.05, 3.63) is 0 Å². The van der Waals surface area contributed by atoms with Gasteiger partial charge in [-0.1, -0.05) is 0 Å². The summed E-state index contributed by atoms with van der Waals surface area (Å²) in [6.07, 6.45) is 16.4. The van der Waals surface area contributed by atoms with E-state index in [4.69, 9.17) is 14.6 Å². The Morgan fingerprint density at radius 1 is 0.548 bits per heavy atom. The predicted molar refractivity (Wildman–Crippen MR) is 116 cm³/mol. The van der Waals surface area contributed by atoms with Crippen molar-refractivity contribution in [3.63, 3.8) is 0 Å². The molecule has 8 fully saturated rings. The number of hydrogen-bond acceptors (Lipinski definition) is 7. The Labute approximate surface area is 182 Å². The van der Waals surface area contributed by atoms with Gasteiger partial charge in [0.15, 0.2) is 11.6 Å². The van der Waals surface area contributed by atoms with E-state index in [0.717, 1.165) is 47.1 Å². The van der Waals surface area contributed by atoms with Crippen LogP contribution in [0.1, 0.15) is 77.0 Å². The second-order valence-corrected chi connectivity index (χ2v) is 12.5. The van der Waals surface area contributed by atoms with Gasteiger partial charge in [0.25, 0.3) is 0 Å². The third-order valence-electron chi connectivity index (χ3n) is 9.96. The van der Waals surface area contributed by atoms with Gasteiger partial charge in [0.1, 0.15) is 0 Å². The maximum Gasteiger partial charge on any atom is 0.245 e. The fourth-order valence-electron chi connectivity index (χ4n) is 9.84. The molecule has 0 radical (unpaired) electrons. The molecule has 0 aromatic carbocycles. The van der Waals surface area contributed by atoms with Gasteiger partial charge < -0.3 is 10.6 Å². The van der Waals surface area contributed by atoms with Gasteiger partial charge in [-0.3, -0.25) is 0 Å². The molecule has 8 aliphatic rings. The first-order valence-corrected chi connectivity index (χ1v) is 12.7. The molecule has 8 bridgehead atoms. The summed E-state index contributed by atoms with van der Waals surface area (Å²) >= 11 is 0. The quantitative estimate of drug-likeness (QED) is 0.736. The van der Waals surface area contributed by atoms with E-state index in [-0.39, 0.29) is 11.1 Å². The number of nitrogens with zero attached hydrogens (tertiary/aromatic N) is 4. The summed E-state index contributed by atoms with van der Waals surface area (Å²) in [6, 6.07) is 0. The maximum absolute atomic E-state index is 4.98. The van der Waals surface area contributed by atoms with E-state index in [1.54, 1.807) is 0 Å². The number of rotatable bonds is 4. The van der Waals surface area contributed by atoms with Crippen molar-refractivity contribution in [2.75, 3.05) is 10.6 Å². The molecule has 31 heavy (non-hydrogen) atoms. The second kappa shape index (κ2) is 5.90. The van der Waals surface area contributed by atoms with Crippen LogP contribution in [0.2, 0.25) is 0 Å². The average Bonchev–Trinajstić information content (AvgIpc) is 3.12. The second-order valence-electron chi connectivity index (χ2n) is 12.5. The molecule has 0 unspecified atom stereocenters. The Morgan fingerprint density at radius 3 is 1.19 bits per heavy atom. The van der Waals surface area contributed by atoms with E-state index >= 15 is 0 Å². The normalized spacial score (nSPS) is 46.7. The monoisotopic (exact) mass is 420 g/mol. The topological polar surface area (TPSA) is 88.8 Å². The van der Waals surface area contributed by atoms with E-state index in [2.05, 4.69) is 20.9 Å². The number of hydrogen-bond donors (Lipinski definition) is 2. The van der Waals surface area contributed by atoms with Crippen LogP contribution in [0.3, 0.4) is 0 Å². The first-order valence-electron chi connectivity index (χ1n) is 12.7. The summed E-state index contributed by atoms with van der Waals surface area (Å²) in [6.45, 7) is 0. The minimum atomic E-state index is 0.187. The fraction of sp³-hybridized carbons (Fsp3) is 0.833. The lowest BCUT2D eigenvalue weighted by Crippen LogP contribution is -2.56. The highest BCUT2D eigenvalue weighted by Gasteiger charge is 2.53. The van der Waals surface area contributed by atoms with Crippen molar-refractivity contribution < 1.29 is 4.63 Å². The van der Waals surface area contributed by atoms with Gasteiger partial charge in [-0.05, 0) is 123 Å². The van der Waals surface area contributed by atoms with Crippen LogP contribution in [0.25, 0.3) is 11.3 Å². The van der Waals surface area contributed by atoms with Gasteiger partial charge in [0, 0.05) is 11.1 Å². The van der Waals surface area contributed by atoms with Gasteiger partial charge in [-0.2, -0.15) is 0 Å². The Balaban J connectivity index is 1.17. The van der Waals surface area contributed by atoms with Crippen molar-refractivity contribution in [2.45, 2.75) is 88.1 Å². The van der Waals surface area contributed by atoms with Gasteiger partial charge >= 0.3 is 0 Å². The van der Waals surface area contributed by atoms with E-state index in [1.165, 1.54) is 77.0 Å². The highest BCUT2D eigenvalue weighted by atomic mass is 16.6. The number of anilines is 2. The van der Waals surface area contributed by atoms with Crippen molar-refractivity contribution in [3.8, 4) is 0 Å². The SMILES string of the molecule is C1C2CC3CC1CC(Nc1nc4nonc4nc1NC14CC5CC(CC(C5)C1)C4)(C2)C3. The predicted octanol–water partition coefficient (Wildman–Crippen LogP) is 4.77. The van der Waals surface area contributed by atoms with Crippen LogP contribution in [0.5, 0.6) is 0 Å². The summed E-state index contributed by atoms with van der Waals surface area (Å²) in [5, 5.41) is 16.0. The summed E-state index contributed by atoms with van der Waals surface area (Å²) in [5.74, 6) is 7.13. The lowest BCUT2D eigenvalue weighted by Gasteiger charge is -2.58. The van der Waals surface area contributed by atoms with Crippen molar-refractivity contribution in [2.24, 2.45) is 35.5 Å². The molecule has 8 saturated carbocycles. The highest BCUT2D eigenvalue weighted by Crippen LogP contribution is 2.58. The zero-order chi connectivity index (χ0) is 20.2. The Hall–Kier alpha value is -1.92. The van der Waals surface area contributed by atoms with Gasteiger partial charge in [0.2, 0.25) is 11.3 Å². The molecule has 2 aromatic rings.